The highest BCUT2D eigenvalue weighted by Crippen LogP contribution is 2.12. The Labute approximate surface area is 84.3 Å². The van der Waals surface area contributed by atoms with Crippen molar-refractivity contribution in [1.29, 1.82) is 0 Å². The third-order valence-electron chi connectivity index (χ3n) is 2.11. The molecule has 0 aliphatic heterocycles. The molecule has 0 aliphatic rings. The highest BCUT2D eigenvalue weighted by Gasteiger charge is 2.01. The molecule has 0 spiro atoms. The Bertz CT molecular complexity index is 263. The average Bonchev–Trinajstić information content (AvgIpc) is 2.16. The van der Waals surface area contributed by atoms with E-state index in [1.54, 1.807) is 12.4 Å². The number of pyridine rings is 1. The summed E-state index contributed by atoms with van der Waals surface area (Å²) in [6.45, 7) is 5.14. The van der Waals surface area contributed by atoms with Crippen LogP contribution in [0.4, 0.5) is 0 Å². The Morgan fingerprint density at radius 2 is 2.38 bits per heavy atom. The summed E-state index contributed by atoms with van der Waals surface area (Å²) in [5.74, 6) is 0. The smallest absolute Gasteiger partial charge is 0.0634 e. The maximum absolute atomic E-state index is 5.95. The molecule has 0 aliphatic carbocycles. The third kappa shape index (κ3) is 3.33. The van der Waals surface area contributed by atoms with Crippen molar-refractivity contribution in [1.82, 2.24) is 10.3 Å². The highest BCUT2D eigenvalue weighted by atomic mass is 35.5. The maximum atomic E-state index is 5.95. The van der Waals surface area contributed by atoms with Crippen molar-refractivity contribution in [2.24, 2.45) is 0 Å². The molecule has 13 heavy (non-hydrogen) atoms. The minimum Gasteiger partial charge on any atom is -0.310 e. The molecule has 1 aromatic rings. The van der Waals surface area contributed by atoms with Gasteiger partial charge in [0.05, 0.1) is 5.02 Å². The lowest BCUT2D eigenvalue weighted by atomic mass is 10.2. The molecule has 1 aromatic heterocycles. The predicted molar refractivity (Wildman–Crippen MR) is 55.8 cm³/mol. The van der Waals surface area contributed by atoms with E-state index in [0.717, 1.165) is 23.6 Å². The van der Waals surface area contributed by atoms with Crippen LogP contribution in [-0.2, 0) is 6.54 Å². The molecule has 72 valence electrons. The second kappa shape index (κ2) is 5.20. The van der Waals surface area contributed by atoms with Gasteiger partial charge < -0.3 is 5.32 Å². The van der Waals surface area contributed by atoms with Crippen molar-refractivity contribution < 1.29 is 0 Å². The third-order valence-corrected chi connectivity index (χ3v) is 2.45. The van der Waals surface area contributed by atoms with E-state index >= 15 is 0 Å². The fraction of sp³-hybridized carbons (Fsp3) is 0.500. The van der Waals surface area contributed by atoms with Crippen LogP contribution in [0.1, 0.15) is 25.8 Å². The normalized spacial score (nSPS) is 12.8. The van der Waals surface area contributed by atoms with E-state index in [-0.39, 0.29) is 0 Å². The first-order chi connectivity index (χ1) is 6.24. The molecule has 0 bridgehead atoms. The molecule has 0 aromatic carbocycles. The number of nitrogens with one attached hydrogen (secondary N) is 1. The van der Waals surface area contributed by atoms with E-state index in [0.29, 0.717) is 6.04 Å². The summed E-state index contributed by atoms with van der Waals surface area (Å²) in [5.41, 5.74) is 1.11. The molecule has 0 fully saturated rings. The highest BCUT2D eigenvalue weighted by molar-refractivity contribution is 6.31. The average molecular weight is 199 g/mol. The quantitative estimate of drug-likeness (QED) is 0.805. The molecule has 1 unspecified atom stereocenters. The largest absolute Gasteiger partial charge is 0.310 e. The number of halogens is 1. The number of nitrogens with zero attached hydrogens (tertiary/aromatic N) is 1. The van der Waals surface area contributed by atoms with Gasteiger partial charge in [0, 0.05) is 25.0 Å². The Kier molecular flexibility index (Phi) is 4.19. The minimum atomic E-state index is 0.532. The zero-order valence-electron chi connectivity index (χ0n) is 8.05. The molecule has 0 saturated heterocycles. The van der Waals surface area contributed by atoms with Gasteiger partial charge in [-0.3, -0.25) is 4.98 Å². The fourth-order valence-electron chi connectivity index (χ4n) is 0.976. The first-order valence-electron chi connectivity index (χ1n) is 4.55. The SMILES string of the molecule is CCC(C)NCc1ccncc1Cl. The van der Waals surface area contributed by atoms with E-state index in [9.17, 15) is 0 Å². The second-order valence-corrected chi connectivity index (χ2v) is 3.56. The summed E-state index contributed by atoms with van der Waals surface area (Å²) in [7, 11) is 0. The van der Waals surface area contributed by atoms with Crippen molar-refractivity contribution in [3.05, 3.63) is 29.0 Å². The molecule has 1 atom stereocenters. The Balaban J connectivity index is 2.50. The van der Waals surface area contributed by atoms with E-state index in [2.05, 4.69) is 24.1 Å². The summed E-state index contributed by atoms with van der Waals surface area (Å²) in [4.78, 5) is 3.93. The van der Waals surface area contributed by atoms with Crippen molar-refractivity contribution in [3.8, 4) is 0 Å². The standard InChI is InChI=1S/C10H15ClN2/c1-3-8(2)13-6-9-4-5-12-7-10(9)11/h4-5,7-8,13H,3,6H2,1-2H3. The zero-order valence-corrected chi connectivity index (χ0v) is 8.80. The van der Waals surface area contributed by atoms with Gasteiger partial charge in [-0.1, -0.05) is 18.5 Å². The van der Waals surface area contributed by atoms with E-state index in [1.807, 2.05) is 6.07 Å². The van der Waals surface area contributed by atoms with E-state index in [1.165, 1.54) is 0 Å². The van der Waals surface area contributed by atoms with Gasteiger partial charge in [-0.05, 0) is 25.0 Å². The summed E-state index contributed by atoms with van der Waals surface area (Å²) < 4.78 is 0. The van der Waals surface area contributed by atoms with Crippen LogP contribution in [0, 0.1) is 0 Å². The number of rotatable bonds is 4. The zero-order chi connectivity index (χ0) is 9.68. The van der Waals surface area contributed by atoms with Gasteiger partial charge in [0.1, 0.15) is 0 Å². The van der Waals surface area contributed by atoms with Crippen LogP contribution in [0.2, 0.25) is 5.02 Å². The molecule has 0 amide bonds. The fourth-order valence-corrected chi connectivity index (χ4v) is 1.16. The van der Waals surface area contributed by atoms with Crippen LogP contribution in [0.3, 0.4) is 0 Å². The number of aromatic nitrogens is 1. The first kappa shape index (κ1) is 10.5. The van der Waals surface area contributed by atoms with Gasteiger partial charge in [-0.15, -0.1) is 0 Å². The van der Waals surface area contributed by atoms with E-state index in [4.69, 9.17) is 11.6 Å². The lowest BCUT2D eigenvalue weighted by Crippen LogP contribution is -2.24. The number of hydrogen-bond donors (Lipinski definition) is 1. The summed E-state index contributed by atoms with van der Waals surface area (Å²) in [5, 5.41) is 4.11. The monoisotopic (exact) mass is 198 g/mol. The number of hydrogen-bond acceptors (Lipinski definition) is 2. The van der Waals surface area contributed by atoms with Crippen molar-refractivity contribution in [3.63, 3.8) is 0 Å². The van der Waals surface area contributed by atoms with Crippen LogP contribution in [0.15, 0.2) is 18.5 Å². The van der Waals surface area contributed by atoms with Crippen LogP contribution in [-0.4, -0.2) is 11.0 Å². The molecular weight excluding hydrogens is 184 g/mol. The minimum absolute atomic E-state index is 0.532. The van der Waals surface area contributed by atoms with Crippen molar-refractivity contribution >= 4 is 11.6 Å². The Morgan fingerprint density at radius 1 is 1.62 bits per heavy atom. The van der Waals surface area contributed by atoms with Crippen LogP contribution < -0.4 is 5.32 Å². The molecule has 2 nitrogen and oxygen atoms in total. The first-order valence-corrected chi connectivity index (χ1v) is 4.93. The van der Waals surface area contributed by atoms with Gasteiger partial charge >= 0.3 is 0 Å². The van der Waals surface area contributed by atoms with Gasteiger partial charge in [0.15, 0.2) is 0 Å². The van der Waals surface area contributed by atoms with Crippen molar-refractivity contribution in [2.75, 3.05) is 0 Å². The molecule has 0 radical (unpaired) electrons. The van der Waals surface area contributed by atoms with Gasteiger partial charge in [0.25, 0.3) is 0 Å². The van der Waals surface area contributed by atoms with Crippen LogP contribution >= 0.6 is 11.6 Å². The molecule has 0 saturated carbocycles. The summed E-state index contributed by atoms with van der Waals surface area (Å²) in [6.07, 6.45) is 4.57. The van der Waals surface area contributed by atoms with Crippen LogP contribution in [0.25, 0.3) is 0 Å². The Morgan fingerprint density at radius 3 is 3.00 bits per heavy atom. The molecule has 1 rings (SSSR count). The van der Waals surface area contributed by atoms with Gasteiger partial charge in [-0.2, -0.15) is 0 Å². The molecular formula is C10H15ClN2. The molecule has 3 heteroatoms. The Hall–Kier alpha value is -0.600. The second-order valence-electron chi connectivity index (χ2n) is 3.16. The molecule has 1 N–H and O–H groups in total. The summed E-state index contributed by atoms with van der Waals surface area (Å²) >= 11 is 5.95. The molecule has 1 heterocycles. The van der Waals surface area contributed by atoms with Crippen molar-refractivity contribution in [2.45, 2.75) is 32.9 Å². The lowest BCUT2D eigenvalue weighted by molar-refractivity contribution is 0.534. The summed E-state index contributed by atoms with van der Waals surface area (Å²) in [6, 6.07) is 2.47. The predicted octanol–water partition coefficient (Wildman–Crippen LogP) is 2.62. The van der Waals surface area contributed by atoms with E-state index < -0.39 is 0 Å². The maximum Gasteiger partial charge on any atom is 0.0634 e. The van der Waals surface area contributed by atoms with Gasteiger partial charge in [0.2, 0.25) is 0 Å². The topological polar surface area (TPSA) is 24.9 Å². The van der Waals surface area contributed by atoms with Crippen LogP contribution in [0.5, 0.6) is 0 Å². The lowest BCUT2D eigenvalue weighted by Gasteiger charge is -2.11. The van der Waals surface area contributed by atoms with Gasteiger partial charge in [-0.25, -0.2) is 0 Å².